The molecule has 18 heavy (non-hydrogen) atoms. The van der Waals surface area contributed by atoms with Crippen LogP contribution in [-0.2, 0) is 6.54 Å². The van der Waals surface area contributed by atoms with Gasteiger partial charge in [-0.1, -0.05) is 19.3 Å². The van der Waals surface area contributed by atoms with Gasteiger partial charge in [-0.05, 0) is 32.9 Å². The molecule has 0 saturated heterocycles. The average Bonchev–Trinajstić information content (AvgIpc) is 2.70. The lowest BCUT2D eigenvalue weighted by atomic mass is 9.88. The minimum absolute atomic E-state index is 0.439. The van der Waals surface area contributed by atoms with E-state index in [2.05, 4.69) is 16.6 Å². The SMILES string of the molecule is CSC1(CNCc2nc(C)c(C)o2)CCCCC1. The number of rotatable bonds is 5. The Hall–Kier alpha value is -0.480. The monoisotopic (exact) mass is 268 g/mol. The molecule has 102 valence electrons. The molecule has 1 saturated carbocycles. The fraction of sp³-hybridized carbons (Fsp3) is 0.786. The third-order valence-electron chi connectivity index (χ3n) is 3.99. The van der Waals surface area contributed by atoms with Crippen LogP contribution in [0.25, 0.3) is 0 Å². The fourth-order valence-electron chi connectivity index (χ4n) is 2.66. The molecule has 1 N–H and O–H groups in total. The highest BCUT2D eigenvalue weighted by molar-refractivity contribution is 8.00. The quantitative estimate of drug-likeness (QED) is 0.887. The van der Waals surface area contributed by atoms with Crippen molar-refractivity contribution >= 4 is 11.8 Å². The Balaban J connectivity index is 1.83. The van der Waals surface area contributed by atoms with Crippen molar-refractivity contribution in [2.75, 3.05) is 12.8 Å². The van der Waals surface area contributed by atoms with Crippen molar-refractivity contribution < 1.29 is 4.42 Å². The lowest BCUT2D eigenvalue weighted by Gasteiger charge is -2.35. The predicted molar refractivity (Wildman–Crippen MR) is 77.0 cm³/mol. The summed E-state index contributed by atoms with van der Waals surface area (Å²) in [6.45, 7) is 5.77. The van der Waals surface area contributed by atoms with Crippen LogP contribution in [0.4, 0.5) is 0 Å². The summed E-state index contributed by atoms with van der Waals surface area (Å²) in [6.07, 6.45) is 9.07. The van der Waals surface area contributed by atoms with Crippen molar-refractivity contribution in [3.05, 3.63) is 17.3 Å². The normalized spacial score (nSPS) is 19.1. The zero-order valence-corrected chi connectivity index (χ0v) is 12.5. The molecular formula is C14H24N2OS. The van der Waals surface area contributed by atoms with E-state index in [0.717, 1.165) is 30.4 Å². The van der Waals surface area contributed by atoms with Gasteiger partial charge >= 0.3 is 0 Å². The Labute approximate surface area is 114 Å². The zero-order valence-electron chi connectivity index (χ0n) is 11.7. The first-order chi connectivity index (χ1) is 8.65. The highest BCUT2D eigenvalue weighted by Gasteiger charge is 2.30. The third kappa shape index (κ3) is 3.29. The van der Waals surface area contributed by atoms with Crippen LogP contribution >= 0.6 is 11.8 Å². The highest BCUT2D eigenvalue weighted by atomic mass is 32.2. The van der Waals surface area contributed by atoms with Gasteiger partial charge in [-0.2, -0.15) is 11.8 Å². The molecule has 0 amide bonds. The number of nitrogens with zero attached hydrogens (tertiary/aromatic N) is 1. The molecule has 0 atom stereocenters. The molecule has 2 rings (SSSR count). The first-order valence-corrected chi connectivity index (χ1v) is 8.06. The molecule has 0 unspecified atom stereocenters. The lowest BCUT2D eigenvalue weighted by Crippen LogP contribution is -2.39. The van der Waals surface area contributed by atoms with E-state index < -0.39 is 0 Å². The maximum Gasteiger partial charge on any atom is 0.208 e. The topological polar surface area (TPSA) is 38.1 Å². The molecule has 3 nitrogen and oxygen atoms in total. The predicted octanol–water partition coefficient (Wildman–Crippen LogP) is 3.45. The van der Waals surface area contributed by atoms with Crippen molar-refractivity contribution in [3.8, 4) is 0 Å². The van der Waals surface area contributed by atoms with E-state index in [1.54, 1.807) is 0 Å². The summed E-state index contributed by atoms with van der Waals surface area (Å²) >= 11 is 2.02. The number of oxazole rings is 1. The summed E-state index contributed by atoms with van der Waals surface area (Å²) in [6, 6.07) is 0. The Morgan fingerprint density at radius 3 is 2.56 bits per heavy atom. The third-order valence-corrected chi connectivity index (χ3v) is 5.41. The van der Waals surface area contributed by atoms with Crippen LogP contribution in [0.1, 0.15) is 49.4 Å². The molecule has 1 aromatic rings. The lowest BCUT2D eigenvalue weighted by molar-refractivity contribution is 0.367. The Kier molecular flexibility index (Phi) is 4.73. The van der Waals surface area contributed by atoms with E-state index in [-0.39, 0.29) is 0 Å². The largest absolute Gasteiger partial charge is 0.444 e. The van der Waals surface area contributed by atoms with Crippen LogP contribution in [0.15, 0.2) is 4.42 Å². The van der Waals surface area contributed by atoms with Crippen LogP contribution in [0, 0.1) is 13.8 Å². The summed E-state index contributed by atoms with van der Waals surface area (Å²) < 4.78 is 6.03. The van der Waals surface area contributed by atoms with E-state index >= 15 is 0 Å². The number of aromatic nitrogens is 1. The van der Waals surface area contributed by atoms with Crippen molar-refractivity contribution in [1.29, 1.82) is 0 Å². The standard InChI is InChI=1S/C14H24N2OS/c1-11-12(2)17-13(16-11)9-15-10-14(18-3)7-5-4-6-8-14/h15H,4-10H2,1-3H3. The molecule has 0 aliphatic heterocycles. The zero-order chi connectivity index (χ0) is 13.0. The van der Waals surface area contributed by atoms with E-state index in [4.69, 9.17) is 4.42 Å². The van der Waals surface area contributed by atoms with Gasteiger partial charge in [-0.15, -0.1) is 0 Å². The highest BCUT2D eigenvalue weighted by Crippen LogP contribution is 2.37. The molecule has 1 aliphatic carbocycles. The molecule has 0 radical (unpaired) electrons. The summed E-state index contributed by atoms with van der Waals surface area (Å²) in [7, 11) is 0. The van der Waals surface area contributed by atoms with E-state index in [1.807, 2.05) is 25.6 Å². The van der Waals surface area contributed by atoms with Crippen LogP contribution in [-0.4, -0.2) is 22.5 Å². The summed E-state index contributed by atoms with van der Waals surface area (Å²) in [5, 5.41) is 3.53. The van der Waals surface area contributed by atoms with Gasteiger partial charge in [0.25, 0.3) is 0 Å². The second-order valence-electron chi connectivity index (χ2n) is 5.30. The summed E-state index contributed by atoms with van der Waals surface area (Å²) in [5.41, 5.74) is 1.00. The minimum atomic E-state index is 0.439. The Morgan fingerprint density at radius 1 is 1.28 bits per heavy atom. The molecule has 1 heterocycles. The van der Waals surface area contributed by atoms with Gasteiger partial charge in [-0.25, -0.2) is 4.98 Å². The first kappa shape index (κ1) is 13.9. The fourth-order valence-corrected chi connectivity index (χ4v) is 3.60. The van der Waals surface area contributed by atoms with E-state index in [0.29, 0.717) is 4.75 Å². The molecular weight excluding hydrogens is 244 g/mol. The van der Waals surface area contributed by atoms with Crippen LogP contribution < -0.4 is 5.32 Å². The number of thioether (sulfide) groups is 1. The maximum absolute atomic E-state index is 5.59. The maximum atomic E-state index is 5.59. The molecule has 1 aromatic heterocycles. The van der Waals surface area contributed by atoms with Gasteiger partial charge in [0.2, 0.25) is 5.89 Å². The number of aryl methyl sites for hydroxylation is 2. The molecule has 0 spiro atoms. The van der Waals surface area contributed by atoms with Crippen molar-refractivity contribution in [1.82, 2.24) is 10.3 Å². The Morgan fingerprint density at radius 2 is 2.00 bits per heavy atom. The van der Waals surface area contributed by atoms with E-state index in [1.165, 1.54) is 32.1 Å². The van der Waals surface area contributed by atoms with Crippen LogP contribution in [0.2, 0.25) is 0 Å². The molecule has 1 fully saturated rings. The van der Waals surface area contributed by atoms with Crippen molar-refractivity contribution in [3.63, 3.8) is 0 Å². The van der Waals surface area contributed by atoms with Gasteiger partial charge in [0.1, 0.15) is 5.76 Å². The number of nitrogens with one attached hydrogen (secondary N) is 1. The van der Waals surface area contributed by atoms with Gasteiger partial charge < -0.3 is 9.73 Å². The Bertz CT molecular complexity index is 364. The number of hydrogen-bond acceptors (Lipinski definition) is 4. The van der Waals surface area contributed by atoms with Crippen molar-refractivity contribution in [2.24, 2.45) is 0 Å². The van der Waals surface area contributed by atoms with Gasteiger partial charge in [0.15, 0.2) is 0 Å². The van der Waals surface area contributed by atoms with Crippen LogP contribution in [0.5, 0.6) is 0 Å². The van der Waals surface area contributed by atoms with Gasteiger partial charge in [0, 0.05) is 11.3 Å². The van der Waals surface area contributed by atoms with Gasteiger partial charge in [0.05, 0.1) is 12.2 Å². The second-order valence-corrected chi connectivity index (χ2v) is 6.57. The van der Waals surface area contributed by atoms with Gasteiger partial charge in [-0.3, -0.25) is 0 Å². The van der Waals surface area contributed by atoms with E-state index in [9.17, 15) is 0 Å². The minimum Gasteiger partial charge on any atom is -0.444 e. The smallest absolute Gasteiger partial charge is 0.208 e. The van der Waals surface area contributed by atoms with Crippen molar-refractivity contribution in [2.45, 2.75) is 57.2 Å². The summed E-state index contributed by atoms with van der Waals surface area (Å²) in [4.78, 5) is 4.41. The van der Waals surface area contributed by atoms with Crippen LogP contribution in [0.3, 0.4) is 0 Å². The molecule has 0 aromatic carbocycles. The molecule has 4 heteroatoms. The molecule has 1 aliphatic rings. The molecule has 0 bridgehead atoms. The number of hydrogen-bond donors (Lipinski definition) is 1. The average molecular weight is 268 g/mol. The first-order valence-electron chi connectivity index (χ1n) is 6.84. The second kappa shape index (κ2) is 6.11. The summed E-state index contributed by atoms with van der Waals surface area (Å²) in [5.74, 6) is 1.75.